The van der Waals surface area contributed by atoms with Crippen molar-refractivity contribution in [3.8, 4) is 5.75 Å². The molecule has 1 aromatic carbocycles. The molecular weight excluding hydrogens is 290 g/mol. The molecule has 1 aromatic rings. The first-order valence-corrected chi connectivity index (χ1v) is 7.22. The summed E-state index contributed by atoms with van der Waals surface area (Å²) in [6.45, 7) is 5.45. The van der Waals surface area contributed by atoms with Gasteiger partial charge in [-0.05, 0) is 31.6 Å². The minimum absolute atomic E-state index is 0. The van der Waals surface area contributed by atoms with Crippen molar-refractivity contribution in [1.29, 1.82) is 0 Å². The van der Waals surface area contributed by atoms with Crippen LogP contribution in [0.1, 0.15) is 6.42 Å². The molecule has 2 N–H and O–H groups in total. The highest BCUT2D eigenvalue weighted by Crippen LogP contribution is 2.07. The summed E-state index contributed by atoms with van der Waals surface area (Å²) in [6, 6.07) is 9.63. The number of halogens is 1. The summed E-state index contributed by atoms with van der Waals surface area (Å²) >= 11 is 0. The normalized spacial score (nSPS) is 15.6. The molecule has 1 aliphatic rings. The molecule has 0 radical (unpaired) electrons. The fraction of sp³-hybridized carbons (Fsp3) is 0.533. The van der Waals surface area contributed by atoms with Gasteiger partial charge >= 0.3 is 0 Å². The smallest absolute Gasteiger partial charge is 0.234 e. The number of amides is 1. The molecule has 0 bridgehead atoms. The Hall–Kier alpha value is -1.30. The molecule has 1 heterocycles. The second-order valence-electron chi connectivity index (χ2n) is 4.89. The van der Waals surface area contributed by atoms with E-state index in [2.05, 4.69) is 15.5 Å². The molecule has 0 saturated carbocycles. The van der Waals surface area contributed by atoms with Gasteiger partial charge in [0.15, 0.2) is 0 Å². The van der Waals surface area contributed by atoms with E-state index >= 15 is 0 Å². The van der Waals surface area contributed by atoms with E-state index in [0.29, 0.717) is 19.7 Å². The van der Waals surface area contributed by atoms with Gasteiger partial charge in [0.2, 0.25) is 5.91 Å². The molecule has 0 atom stereocenters. The van der Waals surface area contributed by atoms with Crippen LogP contribution >= 0.6 is 12.4 Å². The van der Waals surface area contributed by atoms with E-state index in [0.717, 1.165) is 38.3 Å². The molecule has 1 aliphatic heterocycles. The average molecular weight is 314 g/mol. The second kappa shape index (κ2) is 10.4. The Morgan fingerprint density at radius 1 is 1.24 bits per heavy atom. The van der Waals surface area contributed by atoms with Gasteiger partial charge in [-0.3, -0.25) is 9.69 Å². The van der Waals surface area contributed by atoms with Gasteiger partial charge in [0, 0.05) is 13.1 Å². The van der Waals surface area contributed by atoms with Crippen molar-refractivity contribution in [2.75, 3.05) is 45.9 Å². The van der Waals surface area contributed by atoms with Crippen LogP contribution in [0.2, 0.25) is 0 Å². The number of para-hydroxylation sites is 1. The Morgan fingerprint density at radius 2 is 2.05 bits per heavy atom. The maximum absolute atomic E-state index is 11.8. The van der Waals surface area contributed by atoms with Crippen LogP contribution < -0.4 is 15.4 Å². The summed E-state index contributed by atoms with van der Waals surface area (Å²) in [5.74, 6) is 0.906. The Kier molecular flexibility index (Phi) is 8.82. The highest BCUT2D eigenvalue weighted by molar-refractivity contribution is 5.85. The third-order valence-electron chi connectivity index (χ3n) is 3.24. The Labute approximate surface area is 132 Å². The van der Waals surface area contributed by atoms with Crippen LogP contribution in [0.3, 0.4) is 0 Å². The van der Waals surface area contributed by atoms with Crippen LogP contribution in [-0.4, -0.2) is 56.7 Å². The summed E-state index contributed by atoms with van der Waals surface area (Å²) in [4.78, 5) is 14.0. The van der Waals surface area contributed by atoms with E-state index in [4.69, 9.17) is 4.74 Å². The van der Waals surface area contributed by atoms with Crippen LogP contribution in [0.4, 0.5) is 0 Å². The summed E-state index contributed by atoms with van der Waals surface area (Å²) in [7, 11) is 0. The van der Waals surface area contributed by atoms with Gasteiger partial charge in [0.25, 0.3) is 0 Å². The van der Waals surface area contributed by atoms with Crippen molar-refractivity contribution in [3.63, 3.8) is 0 Å². The van der Waals surface area contributed by atoms with Gasteiger partial charge in [-0.15, -0.1) is 12.4 Å². The Balaban J connectivity index is 0.00000220. The predicted molar refractivity (Wildman–Crippen MR) is 86.1 cm³/mol. The fourth-order valence-electron chi connectivity index (χ4n) is 2.19. The highest BCUT2D eigenvalue weighted by atomic mass is 35.5. The summed E-state index contributed by atoms with van der Waals surface area (Å²) in [5, 5.41) is 6.22. The molecule has 5 nitrogen and oxygen atoms in total. The minimum Gasteiger partial charge on any atom is -0.492 e. The Morgan fingerprint density at radius 3 is 2.86 bits per heavy atom. The van der Waals surface area contributed by atoms with Crippen molar-refractivity contribution in [2.45, 2.75) is 6.42 Å². The number of carbonyl (C=O) groups excluding carboxylic acids is 1. The molecule has 118 valence electrons. The first-order chi connectivity index (χ1) is 9.84. The Bertz CT molecular complexity index is 395. The van der Waals surface area contributed by atoms with E-state index in [9.17, 15) is 4.79 Å². The summed E-state index contributed by atoms with van der Waals surface area (Å²) in [6.07, 6.45) is 1.10. The lowest BCUT2D eigenvalue weighted by atomic mass is 10.3. The molecule has 21 heavy (non-hydrogen) atoms. The quantitative estimate of drug-likeness (QED) is 0.766. The zero-order chi connectivity index (χ0) is 14.0. The molecule has 0 aliphatic carbocycles. The van der Waals surface area contributed by atoms with E-state index < -0.39 is 0 Å². The minimum atomic E-state index is 0. The standard InChI is InChI=1S/C15H23N3O2.ClH/c19-15(13-18-10-4-7-16-8-11-18)17-9-12-20-14-5-2-1-3-6-14;/h1-3,5-6,16H,4,7-13H2,(H,17,19);1H. The van der Waals surface area contributed by atoms with E-state index in [-0.39, 0.29) is 18.3 Å². The van der Waals surface area contributed by atoms with Crippen molar-refractivity contribution in [1.82, 2.24) is 15.5 Å². The molecule has 1 amide bonds. The third kappa shape index (κ3) is 7.32. The van der Waals surface area contributed by atoms with Gasteiger partial charge in [-0.1, -0.05) is 18.2 Å². The van der Waals surface area contributed by atoms with Crippen LogP contribution in [-0.2, 0) is 4.79 Å². The largest absolute Gasteiger partial charge is 0.492 e. The maximum Gasteiger partial charge on any atom is 0.234 e. The van der Waals surface area contributed by atoms with Crippen molar-refractivity contribution in [2.24, 2.45) is 0 Å². The average Bonchev–Trinajstić information content (AvgIpc) is 2.73. The number of ether oxygens (including phenoxy) is 1. The fourth-order valence-corrected chi connectivity index (χ4v) is 2.19. The first-order valence-electron chi connectivity index (χ1n) is 7.22. The highest BCUT2D eigenvalue weighted by Gasteiger charge is 2.11. The molecule has 1 saturated heterocycles. The number of nitrogens with zero attached hydrogens (tertiary/aromatic N) is 1. The van der Waals surface area contributed by atoms with Crippen LogP contribution in [0, 0.1) is 0 Å². The topological polar surface area (TPSA) is 53.6 Å². The predicted octanol–water partition coefficient (Wildman–Crippen LogP) is 0.899. The SMILES string of the molecule is Cl.O=C(CN1CCCNCC1)NCCOc1ccccc1. The van der Waals surface area contributed by atoms with Gasteiger partial charge < -0.3 is 15.4 Å². The van der Waals surface area contributed by atoms with Crippen molar-refractivity contribution in [3.05, 3.63) is 30.3 Å². The number of benzene rings is 1. The molecule has 1 fully saturated rings. The van der Waals surface area contributed by atoms with Gasteiger partial charge in [0.1, 0.15) is 12.4 Å². The summed E-state index contributed by atoms with van der Waals surface area (Å²) < 4.78 is 5.53. The summed E-state index contributed by atoms with van der Waals surface area (Å²) in [5.41, 5.74) is 0. The lowest BCUT2D eigenvalue weighted by Gasteiger charge is -2.18. The number of hydrogen-bond acceptors (Lipinski definition) is 4. The zero-order valence-electron chi connectivity index (χ0n) is 12.2. The van der Waals surface area contributed by atoms with E-state index in [1.165, 1.54) is 0 Å². The molecule has 0 unspecified atom stereocenters. The lowest BCUT2D eigenvalue weighted by Crippen LogP contribution is -2.40. The van der Waals surface area contributed by atoms with Gasteiger partial charge in [0.05, 0.1) is 13.1 Å². The number of hydrogen-bond donors (Lipinski definition) is 2. The maximum atomic E-state index is 11.8. The molecule has 2 rings (SSSR count). The van der Waals surface area contributed by atoms with Crippen LogP contribution in [0.15, 0.2) is 30.3 Å². The molecular formula is C15H24ClN3O2. The van der Waals surface area contributed by atoms with Crippen molar-refractivity contribution >= 4 is 18.3 Å². The third-order valence-corrected chi connectivity index (χ3v) is 3.24. The molecule has 0 spiro atoms. The molecule has 6 heteroatoms. The first kappa shape index (κ1) is 17.8. The zero-order valence-corrected chi connectivity index (χ0v) is 13.0. The monoisotopic (exact) mass is 313 g/mol. The molecule has 0 aromatic heterocycles. The van der Waals surface area contributed by atoms with E-state index in [1.807, 2.05) is 30.3 Å². The van der Waals surface area contributed by atoms with Crippen LogP contribution in [0.25, 0.3) is 0 Å². The second-order valence-corrected chi connectivity index (χ2v) is 4.89. The number of carbonyl (C=O) groups is 1. The van der Waals surface area contributed by atoms with Gasteiger partial charge in [-0.2, -0.15) is 0 Å². The van der Waals surface area contributed by atoms with Crippen molar-refractivity contribution < 1.29 is 9.53 Å². The number of nitrogens with one attached hydrogen (secondary N) is 2. The van der Waals surface area contributed by atoms with Gasteiger partial charge in [-0.25, -0.2) is 0 Å². The van der Waals surface area contributed by atoms with E-state index in [1.54, 1.807) is 0 Å². The lowest BCUT2D eigenvalue weighted by molar-refractivity contribution is -0.122. The van der Waals surface area contributed by atoms with Crippen LogP contribution in [0.5, 0.6) is 5.75 Å². The number of rotatable bonds is 6.